The number of aromatic amines is 1. The van der Waals surface area contributed by atoms with Crippen LogP contribution >= 0.6 is 11.6 Å². The predicted octanol–water partition coefficient (Wildman–Crippen LogP) is 4.22. The van der Waals surface area contributed by atoms with Gasteiger partial charge in [0.05, 0.1) is 28.4 Å². The number of ether oxygens (including phenoxy) is 4. The van der Waals surface area contributed by atoms with Crippen LogP contribution < -0.4 is 14.2 Å². The lowest BCUT2D eigenvalue weighted by atomic mass is 10.0. The number of rotatable bonds is 6. The Labute approximate surface area is 161 Å². The van der Waals surface area contributed by atoms with E-state index >= 15 is 0 Å². The van der Waals surface area contributed by atoms with Crippen molar-refractivity contribution in [3.05, 3.63) is 52.2 Å². The number of aromatic nitrogens is 1. The van der Waals surface area contributed by atoms with E-state index in [0.717, 1.165) is 22.0 Å². The van der Waals surface area contributed by atoms with Crippen LogP contribution in [-0.2, 0) is 11.2 Å². The van der Waals surface area contributed by atoms with Crippen molar-refractivity contribution in [1.29, 1.82) is 0 Å². The molecule has 3 rings (SSSR count). The number of hydrogen-bond donors (Lipinski definition) is 1. The lowest BCUT2D eigenvalue weighted by Crippen LogP contribution is -2.06. The fraction of sp³-hybridized carbons (Fsp3) is 0.250. The Morgan fingerprint density at radius 3 is 2.22 bits per heavy atom. The quantitative estimate of drug-likeness (QED) is 0.639. The molecule has 0 bridgehead atoms. The molecule has 7 heteroatoms. The van der Waals surface area contributed by atoms with E-state index in [1.807, 2.05) is 24.3 Å². The highest BCUT2D eigenvalue weighted by Gasteiger charge is 2.21. The third-order valence-electron chi connectivity index (χ3n) is 4.36. The number of carbonyl (C=O) groups excluding carboxylic acids is 1. The van der Waals surface area contributed by atoms with Crippen LogP contribution in [0, 0.1) is 0 Å². The van der Waals surface area contributed by atoms with E-state index in [2.05, 4.69) is 4.98 Å². The number of methoxy groups -OCH3 is 4. The van der Waals surface area contributed by atoms with Crippen LogP contribution in [0.4, 0.5) is 0 Å². The zero-order valence-electron chi connectivity index (χ0n) is 15.5. The topological polar surface area (TPSA) is 69.8 Å². The Balaban J connectivity index is 2.16. The number of nitrogens with one attached hydrogen (secondary N) is 1. The highest BCUT2D eigenvalue weighted by molar-refractivity contribution is 6.31. The minimum absolute atomic E-state index is 0.392. The first-order chi connectivity index (χ1) is 13.0. The van der Waals surface area contributed by atoms with Gasteiger partial charge in [-0.05, 0) is 41.5 Å². The second-order valence-corrected chi connectivity index (χ2v) is 6.31. The average molecular weight is 390 g/mol. The first-order valence-corrected chi connectivity index (χ1v) is 8.57. The molecule has 0 saturated carbocycles. The van der Waals surface area contributed by atoms with Crippen LogP contribution in [0.3, 0.4) is 0 Å². The highest BCUT2D eigenvalue weighted by atomic mass is 35.5. The molecule has 0 aliphatic rings. The maximum Gasteiger partial charge on any atom is 0.354 e. The van der Waals surface area contributed by atoms with E-state index in [1.165, 1.54) is 7.11 Å². The maximum atomic E-state index is 12.3. The summed E-state index contributed by atoms with van der Waals surface area (Å²) in [6.45, 7) is 0. The molecule has 0 atom stereocenters. The van der Waals surface area contributed by atoms with Crippen LogP contribution in [-0.4, -0.2) is 39.4 Å². The van der Waals surface area contributed by atoms with Gasteiger partial charge in [-0.3, -0.25) is 0 Å². The summed E-state index contributed by atoms with van der Waals surface area (Å²) in [5.41, 5.74) is 2.87. The first kappa shape index (κ1) is 18.9. The molecule has 0 aliphatic heterocycles. The molecule has 142 valence electrons. The van der Waals surface area contributed by atoms with Crippen LogP contribution in [0.5, 0.6) is 17.2 Å². The minimum atomic E-state index is -0.440. The van der Waals surface area contributed by atoms with Gasteiger partial charge in [0.1, 0.15) is 5.69 Å². The van der Waals surface area contributed by atoms with Crippen molar-refractivity contribution in [2.75, 3.05) is 28.4 Å². The van der Waals surface area contributed by atoms with Crippen molar-refractivity contribution in [2.45, 2.75) is 6.42 Å². The van der Waals surface area contributed by atoms with Gasteiger partial charge < -0.3 is 23.9 Å². The first-order valence-electron chi connectivity index (χ1n) is 8.19. The third-order valence-corrected chi connectivity index (χ3v) is 4.60. The summed E-state index contributed by atoms with van der Waals surface area (Å²) in [6, 6.07) is 9.14. The van der Waals surface area contributed by atoms with Crippen molar-refractivity contribution in [3.63, 3.8) is 0 Å². The van der Waals surface area contributed by atoms with Crippen LogP contribution in [0.25, 0.3) is 10.9 Å². The van der Waals surface area contributed by atoms with Gasteiger partial charge in [-0.15, -0.1) is 0 Å². The SMILES string of the molecule is COC(=O)c1[nH]c2ccc(Cl)cc2c1Cc1cc(OC)c(OC)c(OC)c1. The Morgan fingerprint density at radius 2 is 1.67 bits per heavy atom. The van der Waals surface area contributed by atoms with E-state index in [-0.39, 0.29) is 0 Å². The second kappa shape index (κ2) is 7.80. The third kappa shape index (κ3) is 3.53. The molecule has 0 unspecified atom stereocenters. The average Bonchev–Trinajstić information content (AvgIpc) is 3.04. The number of hydrogen-bond acceptors (Lipinski definition) is 5. The molecular formula is C20H20ClNO5. The van der Waals surface area contributed by atoms with Gasteiger partial charge in [-0.25, -0.2) is 4.79 Å². The van der Waals surface area contributed by atoms with E-state index in [1.54, 1.807) is 27.4 Å². The fourth-order valence-corrected chi connectivity index (χ4v) is 3.29. The maximum absolute atomic E-state index is 12.3. The standard InChI is InChI=1S/C20H20ClNO5/c1-24-16-8-11(9-17(25-2)19(16)26-3)7-14-13-10-12(21)5-6-15(13)22-18(14)20(23)27-4/h5-6,8-10,22H,7H2,1-4H3. The molecule has 0 radical (unpaired) electrons. The summed E-state index contributed by atoms with van der Waals surface area (Å²) in [5.74, 6) is 1.16. The van der Waals surface area contributed by atoms with E-state index in [4.69, 9.17) is 30.5 Å². The summed E-state index contributed by atoms with van der Waals surface area (Å²) in [5, 5.41) is 1.45. The zero-order chi connectivity index (χ0) is 19.6. The van der Waals surface area contributed by atoms with Gasteiger partial charge in [0, 0.05) is 22.3 Å². The minimum Gasteiger partial charge on any atom is -0.493 e. The number of halogens is 1. The van der Waals surface area contributed by atoms with E-state index in [9.17, 15) is 4.79 Å². The lowest BCUT2D eigenvalue weighted by molar-refractivity contribution is 0.0594. The van der Waals surface area contributed by atoms with Crippen LogP contribution in [0.15, 0.2) is 30.3 Å². The molecule has 3 aromatic rings. The summed E-state index contributed by atoms with van der Waals surface area (Å²) in [7, 11) is 6.03. The fourth-order valence-electron chi connectivity index (χ4n) is 3.12. The molecule has 2 aromatic carbocycles. The molecule has 1 N–H and O–H groups in total. The molecule has 27 heavy (non-hydrogen) atoms. The van der Waals surface area contributed by atoms with Crippen molar-refractivity contribution in [1.82, 2.24) is 4.98 Å². The number of fused-ring (bicyclic) bond motifs is 1. The summed E-state index contributed by atoms with van der Waals surface area (Å²) in [4.78, 5) is 15.4. The molecular weight excluding hydrogens is 370 g/mol. The summed E-state index contributed by atoms with van der Waals surface area (Å²) >= 11 is 6.16. The lowest BCUT2D eigenvalue weighted by Gasteiger charge is -2.14. The monoisotopic (exact) mass is 389 g/mol. The summed E-state index contributed by atoms with van der Waals surface area (Å²) in [6.07, 6.45) is 0.446. The smallest absolute Gasteiger partial charge is 0.354 e. The number of H-pyrrole nitrogens is 1. The normalized spacial score (nSPS) is 10.7. The second-order valence-electron chi connectivity index (χ2n) is 5.87. The molecule has 0 saturated heterocycles. The molecule has 0 amide bonds. The van der Waals surface area contributed by atoms with Gasteiger partial charge in [0.15, 0.2) is 11.5 Å². The Morgan fingerprint density at radius 1 is 1.00 bits per heavy atom. The largest absolute Gasteiger partial charge is 0.493 e. The molecule has 1 heterocycles. The Hall–Kier alpha value is -2.86. The van der Waals surface area contributed by atoms with Crippen LogP contribution in [0.1, 0.15) is 21.6 Å². The molecule has 1 aromatic heterocycles. The van der Waals surface area contributed by atoms with Gasteiger partial charge in [-0.2, -0.15) is 0 Å². The highest BCUT2D eigenvalue weighted by Crippen LogP contribution is 2.39. The van der Waals surface area contributed by atoms with Crippen molar-refractivity contribution < 1.29 is 23.7 Å². The molecule has 0 spiro atoms. The van der Waals surface area contributed by atoms with Crippen molar-refractivity contribution in [3.8, 4) is 17.2 Å². The van der Waals surface area contributed by atoms with E-state index < -0.39 is 5.97 Å². The Bertz CT molecular complexity index is 970. The predicted molar refractivity (Wildman–Crippen MR) is 104 cm³/mol. The van der Waals surface area contributed by atoms with Gasteiger partial charge >= 0.3 is 5.97 Å². The zero-order valence-corrected chi connectivity index (χ0v) is 16.3. The van der Waals surface area contributed by atoms with Gasteiger partial charge in [0.25, 0.3) is 0 Å². The van der Waals surface area contributed by atoms with E-state index in [0.29, 0.717) is 34.4 Å². The molecule has 0 aliphatic carbocycles. The van der Waals surface area contributed by atoms with Gasteiger partial charge in [0.2, 0.25) is 5.75 Å². The van der Waals surface area contributed by atoms with Gasteiger partial charge in [-0.1, -0.05) is 11.6 Å². The Kier molecular flexibility index (Phi) is 5.46. The van der Waals surface area contributed by atoms with Crippen LogP contribution in [0.2, 0.25) is 5.02 Å². The van der Waals surface area contributed by atoms with Crippen molar-refractivity contribution >= 4 is 28.5 Å². The molecule has 0 fully saturated rings. The van der Waals surface area contributed by atoms with Crippen molar-refractivity contribution in [2.24, 2.45) is 0 Å². The number of esters is 1. The number of benzene rings is 2. The molecule has 6 nitrogen and oxygen atoms in total. The summed E-state index contributed by atoms with van der Waals surface area (Å²) < 4.78 is 21.1. The number of carbonyl (C=O) groups is 1.